The number of nitrogens with one attached hydrogen (secondary N) is 1. The van der Waals surface area contributed by atoms with Crippen molar-refractivity contribution in [3.8, 4) is 5.75 Å². The van der Waals surface area contributed by atoms with Gasteiger partial charge in [0.1, 0.15) is 5.75 Å². The van der Waals surface area contributed by atoms with Gasteiger partial charge in [-0.05, 0) is 36.9 Å². The second-order valence-corrected chi connectivity index (χ2v) is 5.86. The third-order valence-corrected chi connectivity index (χ3v) is 3.86. The number of benzene rings is 2. The van der Waals surface area contributed by atoms with Gasteiger partial charge in [-0.3, -0.25) is 0 Å². The van der Waals surface area contributed by atoms with Crippen molar-refractivity contribution in [1.29, 1.82) is 0 Å². The summed E-state index contributed by atoms with van der Waals surface area (Å²) in [6.45, 7) is 0.849. The largest absolute Gasteiger partial charge is 0.508 e. The molecule has 25 heavy (non-hydrogen) atoms. The van der Waals surface area contributed by atoms with Crippen LogP contribution in [-0.4, -0.2) is 34.3 Å². The molecule has 2 aromatic rings. The highest BCUT2D eigenvalue weighted by molar-refractivity contribution is 7.99. The van der Waals surface area contributed by atoms with Crippen molar-refractivity contribution in [2.45, 2.75) is 16.3 Å². The van der Waals surface area contributed by atoms with Crippen molar-refractivity contribution < 1.29 is 24.9 Å². The normalized spacial score (nSPS) is 10.1. The van der Waals surface area contributed by atoms with Gasteiger partial charge in [-0.15, -0.1) is 0 Å². The summed E-state index contributed by atoms with van der Waals surface area (Å²) in [5, 5.41) is 28.2. The van der Waals surface area contributed by atoms with Crippen molar-refractivity contribution in [2.75, 3.05) is 7.05 Å². The lowest BCUT2D eigenvalue weighted by atomic mass is 10.2. The number of carboxylic acids is 2. The highest BCUT2D eigenvalue weighted by Crippen LogP contribution is 2.31. The van der Waals surface area contributed by atoms with Crippen molar-refractivity contribution in [3.63, 3.8) is 0 Å². The van der Waals surface area contributed by atoms with Crippen LogP contribution in [0.4, 0.5) is 0 Å². The fourth-order valence-corrected chi connectivity index (χ4v) is 2.75. The summed E-state index contributed by atoms with van der Waals surface area (Å²) in [4.78, 5) is 21.4. The molecule has 0 bridgehead atoms. The van der Waals surface area contributed by atoms with E-state index in [0.717, 1.165) is 11.4 Å². The fraction of sp³-hybridized carbons (Fsp3) is 0.111. The molecule has 0 heterocycles. The van der Waals surface area contributed by atoms with Gasteiger partial charge in [0.05, 0.1) is 0 Å². The van der Waals surface area contributed by atoms with Gasteiger partial charge in [-0.1, -0.05) is 36.0 Å². The lowest BCUT2D eigenvalue weighted by molar-refractivity contribution is -0.134. The Kier molecular flexibility index (Phi) is 8.84. The molecular formula is C18H19NO5S. The van der Waals surface area contributed by atoms with Crippen LogP contribution in [0.25, 0.3) is 0 Å². The molecule has 0 aromatic heterocycles. The summed E-state index contributed by atoms with van der Waals surface area (Å²) in [7, 11) is 1.94. The van der Waals surface area contributed by atoms with Gasteiger partial charge in [0.25, 0.3) is 0 Å². The van der Waals surface area contributed by atoms with E-state index in [2.05, 4.69) is 17.4 Å². The number of carboxylic acid groups (broad SMARTS) is 2. The van der Waals surface area contributed by atoms with Crippen molar-refractivity contribution in [1.82, 2.24) is 5.32 Å². The molecule has 0 atom stereocenters. The molecule has 0 aliphatic carbocycles. The van der Waals surface area contributed by atoms with Gasteiger partial charge in [0.2, 0.25) is 0 Å². The van der Waals surface area contributed by atoms with Gasteiger partial charge >= 0.3 is 11.9 Å². The maximum Gasteiger partial charge on any atom is 0.328 e. The average molecular weight is 361 g/mol. The van der Waals surface area contributed by atoms with E-state index in [1.807, 2.05) is 31.3 Å². The van der Waals surface area contributed by atoms with Crippen LogP contribution >= 0.6 is 11.8 Å². The van der Waals surface area contributed by atoms with Crippen LogP contribution in [0.15, 0.2) is 70.5 Å². The minimum absolute atomic E-state index is 0.307. The van der Waals surface area contributed by atoms with Gasteiger partial charge in [-0.25, -0.2) is 9.59 Å². The summed E-state index contributed by atoms with van der Waals surface area (Å²) in [5.74, 6) is -2.21. The topological polar surface area (TPSA) is 107 Å². The highest BCUT2D eigenvalue weighted by atomic mass is 32.2. The smallest absolute Gasteiger partial charge is 0.328 e. The SMILES string of the molecule is CNCc1ccccc1Sc1cccc(O)c1.O=C(O)/C=C\C(=O)O. The van der Waals surface area contributed by atoms with Crippen molar-refractivity contribution >= 4 is 23.7 Å². The van der Waals surface area contributed by atoms with Crippen molar-refractivity contribution in [2.24, 2.45) is 0 Å². The standard InChI is InChI=1S/C14H15NOS.C4H4O4/c1-15-10-11-5-2-3-8-14(11)17-13-7-4-6-12(16)9-13;5-3(6)1-2-4(7)8/h2-9,15-16H,10H2,1H3;1-2H,(H,5,6)(H,7,8)/b;2-1-. The first-order valence-corrected chi connectivity index (χ1v) is 8.07. The van der Waals surface area contributed by atoms with Crippen molar-refractivity contribution in [3.05, 3.63) is 66.2 Å². The Morgan fingerprint density at radius 2 is 1.68 bits per heavy atom. The fourth-order valence-electron chi connectivity index (χ4n) is 1.76. The minimum atomic E-state index is -1.26. The summed E-state index contributed by atoms with van der Waals surface area (Å²) in [5.41, 5.74) is 1.27. The van der Waals surface area contributed by atoms with Crippen LogP contribution in [0.3, 0.4) is 0 Å². The van der Waals surface area contributed by atoms with E-state index >= 15 is 0 Å². The quantitative estimate of drug-likeness (QED) is 0.586. The molecule has 0 amide bonds. The maximum atomic E-state index is 9.55. The molecule has 4 N–H and O–H groups in total. The molecule has 7 heteroatoms. The monoisotopic (exact) mass is 361 g/mol. The Hall–Kier alpha value is -2.77. The van der Waals surface area contributed by atoms with E-state index in [9.17, 15) is 14.7 Å². The van der Waals surface area contributed by atoms with Gasteiger partial charge in [-0.2, -0.15) is 0 Å². The van der Waals surface area contributed by atoms with Crippen LogP contribution in [0, 0.1) is 0 Å². The highest BCUT2D eigenvalue weighted by Gasteiger charge is 2.03. The Morgan fingerprint density at radius 1 is 1.04 bits per heavy atom. The summed E-state index contributed by atoms with van der Waals surface area (Å²) in [6, 6.07) is 15.6. The molecule has 0 saturated carbocycles. The first-order valence-electron chi connectivity index (χ1n) is 7.25. The molecule has 6 nitrogen and oxygen atoms in total. The Morgan fingerprint density at radius 3 is 2.24 bits per heavy atom. The van der Waals surface area contributed by atoms with E-state index in [1.165, 1.54) is 10.5 Å². The molecule has 132 valence electrons. The molecule has 0 unspecified atom stereocenters. The van der Waals surface area contributed by atoms with Gasteiger partial charge in [0, 0.05) is 28.5 Å². The summed E-state index contributed by atoms with van der Waals surface area (Å²) in [6.07, 6.45) is 1.12. The Labute approximate surface area is 149 Å². The van der Waals surface area contributed by atoms with Gasteiger partial charge in [0.15, 0.2) is 0 Å². The molecule has 0 aliphatic heterocycles. The number of rotatable bonds is 6. The molecule has 0 saturated heterocycles. The average Bonchev–Trinajstić information content (AvgIpc) is 2.56. The third kappa shape index (κ3) is 8.59. The molecule has 0 fully saturated rings. The Bertz CT molecular complexity index is 730. The van der Waals surface area contributed by atoms with Crippen LogP contribution in [0.5, 0.6) is 5.75 Å². The number of aliphatic carboxylic acids is 2. The molecule has 0 aliphatic rings. The molecule has 2 rings (SSSR count). The van der Waals surface area contributed by atoms with Crippen LogP contribution < -0.4 is 5.32 Å². The summed E-state index contributed by atoms with van der Waals surface area (Å²) >= 11 is 1.67. The number of phenolic OH excluding ortho intramolecular Hbond substituents is 1. The minimum Gasteiger partial charge on any atom is -0.508 e. The number of carbonyl (C=O) groups is 2. The second-order valence-electron chi connectivity index (χ2n) is 4.75. The van der Waals surface area contributed by atoms with E-state index in [0.29, 0.717) is 17.9 Å². The number of hydrogen-bond acceptors (Lipinski definition) is 5. The number of hydrogen-bond donors (Lipinski definition) is 4. The number of aromatic hydroxyl groups is 1. The zero-order valence-electron chi connectivity index (χ0n) is 13.5. The van der Waals surface area contributed by atoms with E-state index in [1.54, 1.807) is 23.9 Å². The lowest BCUT2D eigenvalue weighted by Crippen LogP contribution is -2.05. The Balaban J connectivity index is 0.000000333. The van der Waals surface area contributed by atoms with E-state index in [4.69, 9.17) is 10.2 Å². The lowest BCUT2D eigenvalue weighted by Gasteiger charge is -2.08. The van der Waals surface area contributed by atoms with Crippen LogP contribution in [0.2, 0.25) is 0 Å². The summed E-state index contributed by atoms with van der Waals surface area (Å²) < 4.78 is 0. The number of phenols is 1. The predicted octanol–water partition coefficient (Wildman–Crippen LogP) is 2.97. The second kappa shape index (κ2) is 10.9. The maximum absolute atomic E-state index is 9.55. The van der Waals surface area contributed by atoms with Crippen LogP contribution in [-0.2, 0) is 16.1 Å². The van der Waals surface area contributed by atoms with Crippen LogP contribution in [0.1, 0.15) is 5.56 Å². The first-order chi connectivity index (χ1) is 11.9. The first kappa shape index (κ1) is 20.3. The third-order valence-electron chi connectivity index (χ3n) is 2.75. The molecule has 0 radical (unpaired) electrons. The molecular weight excluding hydrogens is 342 g/mol. The molecule has 0 spiro atoms. The zero-order valence-corrected chi connectivity index (χ0v) is 14.4. The van der Waals surface area contributed by atoms with E-state index in [-0.39, 0.29) is 0 Å². The van der Waals surface area contributed by atoms with Gasteiger partial charge < -0.3 is 20.6 Å². The van der Waals surface area contributed by atoms with E-state index < -0.39 is 11.9 Å². The molecule has 2 aromatic carbocycles. The zero-order chi connectivity index (χ0) is 18.7. The predicted molar refractivity (Wildman–Crippen MR) is 95.8 cm³/mol.